The average molecular weight is 252 g/mol. The van der Waals surface area contributed by atoms with Crippen LogP contribution in [0.15, 0.2) is 34.4 Å². The number of hydrogen-bond donors (Lipinski definition) is 1. The second kappa shape index (κ2) is 5.70. The van der Waals surface area contributed by atoms with Gasteiger partial charge in [0.15, 0.2) is 11.5 Å². The van der Waals surface area contributed by atoms with Crippen molar-refractivity contribution in [2.45, 2.75) is 19.8 Å². The summed E-state index contributed by atoms with van der Waals surface area (Å²) in [6, 6.07) is 9.02. The van der Waals surface area contributed by atoms with Crippen LogP contribution in [0.5, 0.6) is 0 Å². The van der Waals surface area contributed by atoms with Crippen molar-refractivity contribution in [3.05, 3.63) is 35.9 Å². The summed E-state index contributed by atoms with van der Waals surface area (Å²) in [6.07, 6.45) is 3.16. The molecule has 0 unspecified atom stereocenters. The summed E-state index contributed by atoms with van der Waals surface area (Å²) in [6.45, 7) is 2.07. The molecule has 1 aromatic heterocycles. The molecule has 1 N–H and O–H groups in total. The third kappa shape index (κ3) is 2.91. The predicted octanol–water partition coefficient (Wildman–Crippen LogP) is 3.12. The van der Waals surface area contributed by atoms with Crippen LogP contribution < -0.4 is 5.32 Å². The number of aryl methyl sites for hydroxylation is 1. The van der Waals surface area contributed by atoms with E-state index in [2.05, 4.69) is 17.2 Å². The first-order chi connectivity index (χ1) is 9.26. The molecular weight excluding hydrogens is 240 g/mol. The first kappa shape index (κ1) is 12.7. The Bertz CT molecular complexity index is 684. The first-order valence-corrected chi connectivity index (χ1v) is 5.93. The summed E-state index contributed by atoms with van der Waals surface area (Å²) in [4.78, 5) is 4.36. The number of benzene rings is 1. The van der Waals surface area contributed by atoms with Gasteiger partial charge in [0.1, 0.15) is 23.2 Å². The highest BCUT2D eigenvalue weighted by molar-refractivity contribution is 5.77. The van der Waals surface area contributed by atoms with Crippen molar-refractivity contribution in [2.24, 2.45) is 0 Å². The van der Waals surface area contributed by atoms with Crippen LogP contribution in [0.2, 0.25) is 0 Å². The molecule has 0 saturated carbocycles. The van der Waals surface area contributed by atoms with Crippen LogP contribution in [-0.4, -0.2) is 4.98 Å². The van der Waals surface area contributed by atoms with Crippen LogP contribution >= 0.6 is 0 Å². The van der Waals surface area contributed by atoms with Gasteiger partial charge < -0.3 is 9.73 Å². The van der Waals surface area contributed by atoms with Gasteiger partial charge in [-0.15, -0.1) is 0 Å². The van der Waals surface area contributed by atoms with Gasteiger partial charge in [0.05, 0.1) is 0 Å². The molecule has 0 aliphatic heterocycles. The van der Waals surface area contributed by atoms with E-state index in [1.165, 1.54) is 6.20 Å². The van der Waals surface area contributed by atoms with E-state index in [-0.39, 0.29) is 5.57 Å². The lowest BCUT2D eigenvalue weighted by molar-refractivity contribution is 0.525. The Labute approximate surface area is 110 Å². The molecule has 0 saturated heterocycles. The SMILES string of the molecule is CCCc1nc2ccc(NC=C(C#N)C#N)cc2o1. The lowest BCUT2D eigenvalue weighted by atomic mass is 10.3. The summed E-state index contributed by atoms with van der Waals surface area (Å²) in [7, 11) is 0. The molecule has 0 bridgehead atoms. The highest BCUT2D eigenvalue weighted by Crippen LogP contribution is 2.21. The summed E-state index contributed by atoms with van der Waals surface area (Å²) in [5.74, 6) is 0.722. The molecule has 0 aliphatic rings. The minimum atomic E-state index is 0.0179. The predicted molar refractivity (Wildman–Crippen MR) is 70.9 cm³/mol. The second-order valence-electron chi connectivity index (χ2n) is 3.97. The highest BCUT2D eigenvalue weighted by atomic mass is 16.3. The van der Waals surface area contributed by atoms with E-state index in [1.54, 1.807) is 18.2 Å². The number of hydrogen-bond acceptors (Lipinski definition) is 5. The fourth-order valence-electron chi connectivity index (χ4n) is 1.63. The number of oxazole rings is 1. The minimum Gasteiger partial charge on any atom is -0.441 e. The Kier molecular flexibility index (Phi) is 3.80. The van der Waals surface area contributed by atoms with Crippen LogP contribution in [0.1, 0.15) is 19.2 Å². The van der Waals surface area contributed by atoms with Crippen LogP contribution in [0.4, 0.5) is 5.69 Å². The first-order valence-electron chi connectivity index (χ1n) is 5.93. The number of nitrogens with one attached hydrogen (secondary N) is 1. The Morgan fingerprint density at radius 2 is 2.21 bits per heavy atom. The van der Waals surface area contributed by atoms with Gasteiger partial charge in [0.2, 0.25) is 0 Å². The van der Waals surface area contributed by atoms with Crippen LogP contribution in [0.3, 0.4) is 0 Å². The lowest BCUT2D eigenvalue weighted by Crippen LogP contribution is -1.89. The van der Waals surface area contributed by atoms with Gasteiger partial charge in [-0.2, -0.15) is 10.5 Å². The monoisotopic (exact) mass is 252 g/mol. The number of nitrogens with zero attached hydrogens (tertiary/aromatic N) is 3. The molecule has 0 radical (unpaired) electrons. The number of fused-ring (bicyclic) bond motifs is 1. The molecule has 2 aromatic rings. The molecule has 0 spiro atoms. The molecule has 2 rings (SSSR count). The van der Waals surface area contributed by atoms with Gasteiger partial charge in [-0.05, 0) is 18.6 Å². The number of aromatic nitrogens is 1. The fourth-order valence-corrected chi connectivity index (χ4v) is 1.63. The maximum atomic E-state index is 8.63. The molecule has 5 nitrogen and oxygen atoms in total. The van der Waals surface area contributed by atoms with Crippen molar-refractivity contribution < 1.29 is 4.42 Å². The van der Waals surface area contributed by atoms with Crippen molar-refractivity contribution in [1.82, 2.24) is 4.98 Å². The van der Waals surface area contributed by atoms with Crippen molar-refractivity contribution in [3.8, 4) is 12.1 Å². The van der Waals surface area contributed by atoms with Gasteiger partial charge in [0.25, 0.3) is 0 Å². The Hall–Kier alpha value is -2.79. The largest absolute Gasteiger partial charge is 0.441 e. The maximum absolute atomic E-state index is 8.63. The molecule has 0 amide bonds. The normalized spacial score (nSPS) is 9.63. The molecule has 0 aliphatic carbocycles. The Morgan fingerprint density at radius 3 is 2.89 bits per heavy atom. The van der Waals surface area contributed by atoms with Crippen molar-refractivity contribution in [3.63, 3.8) is 0 Å². The standard InChI is InChI=1S/C14H12N4O/c1-2-3-14-18-12-5-4-11(6-13(12)19-14)17-9-10(7-15)8-16/h4-6,9,17H,2-3H2,1H3. The van der Waals surface area contributed by atoms with Crippen molar-refractivity contribution in [2.75, 3.05) is 5.32 Å². The van der Waals surface area contributed by atoms with E-state index in [0.29, 0.717) is 5.58 Å². The zero-order valence-electron chi connectivity index (χ0n) is 10.5. The molecule has 94 valence electrons. The Balaban J connectivity index is 2.25. The highest BCUT2D eigenvalue weighted by Gasteiger charge is 2.05. The average Bonchev–Trinajstić information content (AvgIpc) is 2.82. The van der Waals surface area contributed by atoms with E-state index in [4.69, 9.17) is 14.9 Å². The van der Waals surface area contributed by atoms with Crippen molar-refractivity contribution >= 4 is 16.8 Å². The lowest BCUT2D eigenvalue weighted by Gasteiger charge is -1.98. The van der Waals surface area contributed by atoms with Crippen LogP contribution in [0, 0.1) is 22.7 Å². The third-order valence-corrected chi connectivity index (χ3v) is 2.52. The number of rotatable bonds is 4. The molecule has 1 aromatic carbocycles. The topological polar surface area (TPSA) is 85.6 Å². The van der Waals surface area contributed by atoms with Crippen LogP contribution in [-0.2, 0) is 6.42 Å². The number of anilines is 1. The number of allylic oxidation sites excluding steroid dienone is 1. The summed E-state index contributed by atoms with van der Waals surface area (Å²) in [5.41, 5.74) is 2.26. The molecule has 19 heavy (non-hydrogen) atoms. The molecule has 0 atom stereocenters. The molecule has 5 heteroatoms. The zero-order chi connectivity index (χ0) is 13.7. The molecule has 0 fully saturated rings. The molecular formula is C14H12N4O. The van der Waals surface area contributed by atoms with Gasteiger partial charge in [-0.3, -0.25) is 0 Å². The van der Waals surface area contributed by atoms with E-state index < -0.39 is 0 Å². The summed E-state index contributed by atoms with van der Waals surface area (Å²) < 4.78 is 5.61. The van der Waals surface area contributed by atoms with Crippen molar-refractivity contribution in [1.29, 1.82) is 10.5 Å². The molecule has 1 heterocycles. The van der Waals surface area contributed by atoms with Gasteiger partial charge in [0, 0.05) is 24.4 Å². The quantitative estimate of drug-likeness (QED) is 0.845. The zero-order valence-corrected chi connectivity index (χ0v) is 10.5. The van der Waals surface area contributed by atoms with E-state index >= 15 is 0 Å². The van der Waals surface area contributed by atoms with Gasteiger partial charge >= 0.3 is 0 Å². The second-order valence-corrected chi connectivity index (χ2v) is 3.97. The van der Waals surface area contributed by atoms with E-state index in [9.17, 15) is 0 Å². The van der Waals surface area contributed by atoms with Gasteiger partial charge in [-0.1, -0.05) is 6.92 Å². The van der Waals surface area contributed by atoms with E-state index in [1.807, 2.05) is 12.1 Å². The van der Waals surface area contributed by atoms with E-state index in [0.717, 1.165) is 29.9 Å². The smallest absolute Gasteiger partial charge is 0.195 e. The summed E-state index contributed by atoms with van der Waals surface area (Å²) in [5, 5.41) is 20.1. The van der Waals surface area contributed by atoms with Crippen LogP contribution in [0.25, 0.3) is 11.1 Å². The number of nitriles is 2. The van der Waals surface area contributed by atoms with Gasteiger partial charge in [-0.25, -0.2) is 4.98 Å². The maximum Gasteiger partial charge on any atom is 0.195 e. The Morgan fingerprint density at radius 1 is 1.42 bits per heavy atom. The fraction of sp³-hybridized carbons (Fsp3) is 0.214. The summed E-state index contributed by atoms with van der Waals surface area (Å²) >= 11 is 0. The third-order valence-electron chi connectivity index (χ3n) is 2.52. The minimum absolute atomic E-state index is 0.0179.